The molecule has 1 N–H and O–H groups in total. The average Bonchev–Trinajstić information content (AvgIpc) is 3.03. The fourth-order valence-electron chi connectivity index (χ4n) is 2.48. The van der Waals surface area contributed by atoms with Crippen molar-refractivity contribution in [1.82, 2.24) is 9.97 Å². The Balaban J connectivity index is 2.00. The molecule has 6 heteroatoms. The number of ether oxygens (including phenoxy) is 2. The Morgan fingerprint density at radius 3 is 2.84 bits per heavy atom. The number of nitriles is 1. The molecule has 0 aliphatic rings. The lowest BCUT2D eigenvalue weighted by molar-refractivity contribution is 0.311. The minimum Gasteiger partial charge on any atom is -0.493 e. The van der Waals surface area contributed by atoms with Crippen molar-refractivity contribution in [2.45, 2.75) is 6.92 Å². The number of nitrogens with one attached hydrogen (secondary N) is 1. The van der Waals surface area contributed by atoms with E-state index in [9.17, 15) is 9.65 Å². The predicted octanol–water partition coefficient (Wildman–Crippen LogP) is 4.17. The first-order valence-corrected chi connectivity index (χ1v) is 7.73. The lowest BCUT2D eigenvalue weighted by Gasteiger charge is -2.09. The lowest BCUT2D eigenvalue weighted by atomic mass is 10.1. The number of methoxy groups -OCH3 is 1. The van der Waals surface area contributed by atoms with Crippen LogP contribution in [0.1, 0.15) is 18.3 Å². The highest BCUT2D eigenvalue weighted by molar-refractivity contribution is 5.90. The summed E-state index contributed by atoms with van der Waals surface area (Å²) in [7, 11) is 1.56. The molecule has 0 saturated carbocycles. The summed E-state index contributed by atoms with van der Waals surface area (Å²) in [6.07, 6.45) is 1.69. The number of H-pyrrole nitrogens is 1. The second kappa shape index (κ2) is 7.05. The van der Waals surface area contributed by atoms with E-state index < -0.39 is 0 Å². The second-order valence-electron chi connectivity index (χ2n) is 5.26. The van der Waals surface area contributed by atoms with Crippen molar-refractivity contribution in [1.29, 1.82) is 5.26 Å². The maximum Gasteiger partial charge on any atom is 0.161 e. The maximum absolute atomic E-state index is 13.3. The largest absolute Gasteiger partial charge is 0.493 e. The van der Waals surface area contributed by atoms with E-state index >= 15 is 0 Å². The summed E-state index contributed by atoms with van der Waals surface area (Å²) in [6, 6.07) is 11.8. The van der Waals surface area contributed by atoms with Crippen LogP contribution in [0.5, 0.6) is 11.5 Å². The zero-order valence-corrected chi connectivity index (χ0v) is 13.8. The molecule has 0 spiro atoms. The minimum atomic E-state index is -0.360. The van der Waals surface area contributed by atoms with Crippen molar-refractivity contribution >= 4 is 22.7 Å². The smallest absolute Gasteiger partial charge is 0.161 e. The molecule has 0 saturated heterocycles. The number of benzene rings is 2. The van der Waals surface area contributed by atoms with E-state index in [4.69, 9.17) is 9.47 Å². The number of halogens is 1. The Bertz CT molecular complexity index is 986. The molecule has 126 valence electrons. The molecule has 1 aromatic heterocycles. The standard InChI is InChI=1S/C19H16FN3O2/c1-3-25-17-7-4-12(9-18(17)24-2)8-13(11-21)19-22-15-6-5-14(20)10-16(15)23-19/h4-10H,3H2,1-2H3,(H,22,23)/b13-8-. The number of fused-ring (bicyclic) bond motifs is 1. The fourth-order valence-corrected chi connectivity index (χ4v) is 2.48. The van der Waals surface area contributed by atoms with Gasteiger partial charge in [-0.25, -0.2) is 9.37 Å². The van der Waals surface area contributed by atoms with Gasteiger partial charge in [-0.05, 0) is 48.9 Å². The highest BCUT2D eigenvalue weighted by Crippen LogP contribution is 2.29. The van der Waals surface area contributed by atoms with Crippen LogP contribution in [0.2, 0.25) is 0 Å². The van der Waals surface area contributed by atoms with Crippen LogP contribution in [0.3, 0.4) is 0 Å². The molecule has 0 fully saturated rings. The first-order valence-electron chi connectivity index (χ1n) is 7.73. The van der Waals surface area contributed by atoms with Gasteiger partial charge in [0.1, 0.15) is 17.7 Å². The number of nitrogens with zero attached hydrogens (tertiary/aromatic N) is 2. The number of allylic oxidation sites excluding steroid dienone is 1. The molecule has 0 bridgehead atoms. The third kappa shape index (κ3) is 3.45. The molecular formula is C19H16FN3O2. The first kappa shape index (κ1) is 16.5. The quantitative estimate of drug-likeness (QED) is 0.709. The minimum absolute atomic E-state index is 0.336. The maximum atomic E-state index is 13.3. The van der Waals surface area contributed by atoms with Crippen LogP contribution in [0, 0.1) is 17.1 Å². The molecule has 3 aromatic rings. The van der Waals surface area contributed by atoms with Gasteiger partial charge in [0.2, 0.25) is 0 Å². The third-order valence-electron chi connectivity index (χ3n) is 3.62. The Hall–Kier alpha value is -3.33. The highest BCUT2D eigenvalue weighted by atomic mass is 19.1. The molecule has 25 heavy (non-hydrogen) atoms. The topological polar surface area (TPSA) is 70.9 Å². The van der Waals surface area contributed by atoms with Gasteiger partial charge in [-0.3, -0.25) is 0 Å². The fraction of sp³-hybridized carbons (Fsp3) is 0.158. The van der Waals surface area contributed by atoms with Gasteiger partial charge in [-0.15, -0.1) is 0 Å². The van der Waals surface area contributed by atoms with Crippen LogP contribution in [0.25, 0.3) is 22.7 Å². The van der Waals surface area contributed by atoms with Gasteiger partial charge in [0.15, 0.2) is 11.5 Å². The zero-order valence-electron chi connectivity index (χ0n) is 13.8. The van der Waals surface area contributed by atoms with Crippen LogP contribution in [0.4, 0.5) is 4.39 Å². The Morgan fingerprint density at radius 2 is 2.12 bits per heavy atom. The summed E-state index contributed by atoms with van der Waals surface area (Å²) in [6.45, 7) is 2.43. The molecule has 0 aliphatic heterocycles. The first-order chi connectivity index (χ1) is 12.1. The Morgan fingerprint density at radius 1 is 1.28 bits per heavy atom. The molecule has 0 radical (unpaired) electrons. The second-order valence-corrected chi connectivity index (χ2v) is 5.26. The van der Waals surface area contributed by atoms with Gasteiger partial charge in [0.25, 0.3) is 0 Å². The monoisotopic (exact) mass is 337 g/mol. The summed E-state index contributed by atoms with van der Waals surface area (Å²) in [5.41, 5.74) is 2.24. The zero-order chi connectivity index (χ0) is 17.8. The van der Waals surface area contributed by atoms with Crippen molar-refractivity contribution < 1.29 is 13.9 Å². The van der Waals surface area contributed by atoms with Crippen molar-refractivity contribution in [2.24, 2.45) is 0 Å². The van der Waals surface area contributed by atoms with E-state index in [0.717, 1.165) is 5.56 Å². The van der Waals surface area contributed by atoms with E-state index in [2.05, 4.69) is 16.0 Å². The van der Waals surface area contributed by atoms with Crippen LogP contribution in [-0.2, 0) is 0 Å². The molecule has 0 amide bonds. The summed E-state index contributed by atoms with van der Waals surface area (Å²) >= 11 is 0. The van der Waals surface area contributed by atoms with Crippen LogP contribution < -0.4 is 9.47 Å². The van der Waals surface area contributed by atoms with Crippen molar-refractivity contribution in [3.8, 4) is 17.6 Å². The highest BCUT2D eigenvalue weighted by Gasteiger charge is 2.10. The number of hydrogen-bond acceptors (Lipinski definition) is 4. The molecule has 3 rings (SSSR count). The van der Waals surface area contributed by atoms with Crippen LogP contribution in [-0.4, -0.2) is 23.7 Å². The molecule has 0 aliphatic carbocycles. The number of imidazole rings is 1. The third-order valence-corrected chi connectivity index (χ3v) is 3.62. The van der Waals surface area contributed by atoms with E-state index in [1.54, 1.807) is 31.4 Å². The van der Waals surface area contributed by atoms with Crippen molar-refractivity contribution in [2.75, 3.05) is 13.7 Å². The number of rotatable bonds is 5. The molecular weight excluding hydrogens is 321 g/mol. The number of hydrogen-bond donors (Lipinski definition) is 1. The molecule has 2 aromatic carbocycles. The van der Waals surface area contributed by atoms with Crippen molar-refractivity contribution in [3.63, 3.8) is 0 Å². The molecule has 5 nitrogen and oxygen atoms in total. The van der Waals surface area contributed by atoms with Gasteiger partial charge >= 0.3 is 0 Å². The predicted molar refractivity (Wildman–Crippen MR) is 93.7 cm³/mol. The average molecular weight is 337 g/mol. The van der Waals surface area contributed by atoms with E-state index in [1.165, 1.54) is 12.1 Å². The summed E-state index contributed by atoms with van der Waals surface area (Å²) in [4.78, 5) is 7.31. The Labute approximate surface area is 144 Å². The lowest BCUT2D eigenvalue weighted by Crippen LogP contribution is -1.95. The van der Waals surface area contributed by atoms with Gasteiger partial charge in [-0.2, -0.15) is 5.26 Å². The number of aromatic amines is 1. The van der Waals surface area contributed by atoms with Crippen LogP contribution in [0.15, 0.2) is 36.4 Å². The van der Waals surface area contributed by atoms with Crippen molar-refractivity contribution in [3.05, 3.63) is 53.6 Å². The summed E-state index contributed by atoms with van der Waals surface area (Å²) in [5, 5.41) is 9.48. The van der Waals surface area contributed by atoms with Crippen LogP contribution >= 0.6 is 0 Å². The number of aromatic nitrogens is 2. The van der Waals surface area contributed by atoms with Gasteiger partial charge < -0.3 is 14.5 Å². The van der Waals surface area contributed by atoms with Gasteiger partial charge in [0.05, 0.1) is 30.3 Å². The Kier molecular flexibility index (Phi) is 4.66. The molecule has 1 heterocycles. The SMILES string of the molecule is CCOc1ccc(/C=C(/C#N)c2nc3ccc(F)cc3[nH]2)cc1OC. The molecule has 0 unspecified atom stereocenters. The normalized spacial score (nSPS) is 11.4. The molecule has 0 atom stereocenters. The van der Waals surface area contributed by atoms with Gasteiger partial charge in [0, 0.05) is 0 Å². The van der Waals surface area contributed by atoms with E-state index in [1.807, 2.05) is 13.0 Å². The summed E-state index contributed by atoms with van der Waals surface area (Å²) in [5.74, 6) is 1.25. The van der Waals surface area contributed by atoms with E-state index in [-0.39, 0.29) is 5.82 Å². The van der Waals surface area contributed by atoms with E-state index in [0.29, 0.717) is 40.5 Å². The summed E-state index contributed by atoms with van der Waals surface area (Å²) < 4.78 is 24.1. The van der Waals surface area contributed by atoms with Gasteiger partial charge in [-0.1, -0.05) is 6.07 Å².